The number of hydrogen-bond acceptors (Lipinski definition) is 8. The Morgan fingerprint density at radius 1 is 1.10 bits per heavy atom. The van der Waals surface area contributed by atoms with Gasteiger partial charge in [-0.05, 0) is 39.3 Å². The van der Waals surface area contributed by atoms with E-state index in [1.807, 2.05) is 6.07 Å². The first-order valence-corrected chi connectivity index (χ1v) is 13.5. The molecule has 0 spiro atoms. The van der Waals surface area contributed by atoms with Crippen LogP contribution in [0.25, 0.3) is 33.1 Å². The lowest BCUT2D eigenvalue weighted by atomic mass is 10.0. The normalized spacial score (nSPS) is 14.6. The van der Waals surface area contributed by atoms with Crippen molar-refractivity contribution in [1.82, 2.24) is 19.4 Å². The third-order valence-corrected chi connectivity index (χ3v) is 6.88. The van der Waals surface area contributed by atoms with Gasteiger partial charge >= 0.3 is 6.09 Å². The quantitative estimate of drug-likeness (QED) is 0.252. The molecule has 1 fully saturated rings. The monoisotopic (exact) mass is 570 g/mol. The van der Waals surface area contributed by atoms with Crippen molar-refractivity contribution in [3.8, 4) is 22.8 Å². The van der Waals surface area contributed by atoms with Gasteiger partial charge in [-0.15, -0.1) is 0 Å². The number of ether oxygens (including phenoxy) is 4. The average molecular weight is 571 g/mol. The zero-order valence-corrected chi connectivity index (χ0v) is 23.8. The summed E-state index contributed by atoms with van der Waals surface area (Å²) in [4.78, 5) is 24.4. The maximum absolute atomic E-state index is 14.5. The Labute approximate surface area is 236 Å². The first-order chi connectivity index (χ1) is 19.1. The molecular formula is C29H32ClFN4O5. The van der Waals surface area contributed by atoms with Crippen molar-refractivity contribution in [2.45, 2.75) is 32.8 Å². The Morgan fingerprint density at radius 3 is 2.60 bits per heavy atom. The predicted molar refractivity (Wildman–Crippen MR) is 151 cm³/mol. The summed E-state index contributed by atoms with van der Waals surface area (Å²) in [6, 6.07) is 6.33. The molecule has 0 atom stereocenters. The van der Waals surface area contributed by atoms with Crippen LogP contribution in [-0.2, 0) is 9.47 Å². The summed E-state index contributed by atoms with van der Waals surface area (Å²) in [6.07, 6.45) is 3.22. The van der Waals surface area contributed by atoms with Gasteiger partial charge in [0.1, 0.15) is 17.7 Å². The van der Waals surface area contributed by atoms with Crippen molar-refractivity contribution in [2.24, 2.45) is 0 Å². The summed E-state index contributed by atoms with van der Waals surface area (Å²) in [7, 11) is 1.58. The number of halogens is 2. The van der Waals surface area contributed by atoms with Crippen LogP contribution in [-0.4, -0.2) is 77.7 Å². The number of methoxy groups -OCH3 is 1. The Balaban J connectivity index is 1.54. The summed E-state index contributed by atoms with van der Waals surface area (Å²) >= 11 is 6.17. The molecule has 1 aliphatic heterocycles. The van der Waals surface area contributed by atoms with Gasteiger partial charge in [0.05, 0.1) is 48.7 Å². The maximum atomic E-state index is 14.5. The molecule has 0 radical (unpaired) electrons. The van der Waals surface area contributed by atoms with Crippen LogP contribution in [0.15, 0.2) is 36.8 Å². The van der Waals surface area contributed by atoms with Gasteiger partial charge in [0.25, 0.3) is 0 Å². The second kappa shape index (κ2) is 11.6. The minimum atomic E-state index is -0.745. The highest BCUT2D eigenvalue weighted by molar-refractivity contribution is 6.31. The summed E-state index contributed by atoms with van der Waals surface area (Å²) < 4.78 is 38.5. The van der Waals surface area contributed by atoms with Crippen LogP contribution in [0.5, 0.6) is 11.5 Å². The SMILES string of the molecule is COc1cc2ncnc(-c3cn(C(=O)OC(C)(C)C)c4cc(F)c(Cl)cc34)c2cc1OCCCN1CCOCC1. The van der Waals surface area contributed by atoms with Crippen LogP contribution in [0.1, 0.15) is 27.2 Å². The minimum Gasteiger partial charge on any atom is -0.493 e. The lowest BCUT2D eigenvalue weighted by Crippen LogP contribution is -2.37. The van der Waals surface area contributed by atoms with Gasteiger partial charge in [-0.1, -0.05) is 11.6 Å². The van der Waals surface area contributed by atoms with Gasteiger partial charge in [0.15, 0.2) is 11.5 Å². The van der Waals surface area contributed by atoms with E-state index in [2.05, 4.69) is 14.9 Å². The van der Waals surface area contributed by atoms with Crippen LogP contribution in [0.3, 0.4) is 0 Å². The van der Waals surface area contributed by atoms with E-state index >= 15 is 0 Å². The number of carbonyl (C=O) groups is 1. The van der Waals surface area contributed by atoms with E-state index in [0.717, 1.165) is 39.3 Å². The number of morpholine rings is 1. The molecule has 11 heteroatoms. The van der Waals surface area contributed by atoms with Crippen molar-refractivity contribution in [1.29, 1.82) is 0 Å². The van der Waals surface area contributed by atoms with Crippen LogP contribution < -0.4 is 9.47 Å². The molecule has 40 heavy (non-hydrogen) atoms. The second-order valence-electron chi connectivity index (χ2n) is 10.6. The van der Waals surface area contributed by atoms with Crippen molar-refractivity contribution in [3.63, 3.8) is 0 Å². The van der Waals surface area contributed by atoms with Gasteiger partial charge in [0.2, 0.25) is 0 Å². The summed E-state index contributed by atoms with van der Waals surface area (Å²) in [6.45, 7) is 10.1. The fourth-order valence-electron chi connectivity index (χ4n) is 4.72. The van der Waals surface area contributed by atoms with E-state index in [-0.39, 0.29) is 5.02 Å². The minimum absolute atomic E-state index is 0.0694. The zero-order chi connectivity index (χ0) is 28.4. The highest BCUT2D eigenvalue weighted by Crippen LogP contribution is 2.39. The van der Waals surface area contributed by atoms with Crippen molar-refractivity contribution in [3.05, 3.63) is 47.6 Å². The second-order valence-corrected chi connectivity index (χ2v) is 11.0. The summed E-state index contributed by atoms with van der Waals surface area (Å²) in [5, 5.41) is 1.15. The Morgan fingerprint density at radius 2 is 1.88 bits per heavy atom. The first-order valence-electron chi connectivity index (χ1n) is 13.1. The fourth-order valence-corrected chi connectivity index (χ4v) is 4.88. The molecule has 0 aliphatic carbocycles. The van der Waals surface area contributed by atoms with Crippen molar-refractivity contribution < 1.29 is 28.1 Å². The highest BCUT2D eigenvalue weighted by Gasteiger charge is 2.24. The smallest absolute Gasteiger partial charge is 0.419 e. The molecule has 4 aromatic rings. The Hall–Kier alpha value is -3.47. The number of rotatable bonds is 7. The Bertz CT molecular complexity index is 1550. The molecule has 0 bridgehead atoms. The standard InChI is InChI=1S/C29H32ClFN4O5/c1-29(2,3)40-28(36)35-16-20(18-12-21(30)22(31)14-24(18)35)27-19-13-26(25(37-4)15-23(19)32-17-33-27)39-9-5-6-34-7-10-38-11-8-34/h12-17H,5-11H2,1-4H3. The molecule has 2 aromatic heterocycles. The van der Waals surface area contributed by atoms with E-state index in [9.17, 15) is 9.18 Å². The van der Waals surface area contributed by atoms with Crippen molar-refractivity contribution in [2.75, 3.05) is 46.6 Å². The topological polar surface area (TPSA) is 87.9 Å². The van der Waals surface area contributed by atoms with E-state index in [1.54, 1.807) is 40.1 Å². The molecule has 0 unspecified atom stereocenters. The fraction of sp³-hybridized carbons (Fsp3) is 0.414. The maximum Gasteiger partial charge on any atom is 0.419 e. The van der Waals surface area contributed by atoms with Crippen LogP contribution in [0.4, 0.5) is 9.18 Å². The number of aromatic nitrogens is 3. The molecule has 9 nitrogen and oxygen atoms in total. The van der Waals surface area contributed by atoms with Gasteiger partial charge in [-0.2, -0.15) is 0 Å². The van der Waals surface area contributed by atoms with Crippen LogP contribution >= 0.6 is 11.6 Å². The number of fused-ring (bicyclic) bond motifs is 2. The Kier molecular flexibility index (Phi) is 8.11. The van der Waals surface area contributed by atoms with Crippen LogP contribution in [0.2, 0.25) is 5.02 Å². The van der Waals surface area contributed by atoms with E-state index in [4.69, 9.17) is 30.5 Å². The third-order valence-electron chi connectivity index (χ3n) is 6.59. The molecule has 5 rings (SSSR count). The molecular weight excluding hydrogens is 539 g/mol. The highest BCUT2D eigenvalue weighted by atomic mass is 35.5. The number of carbonyl (C=O) groups excluding carboxylic acids is 1. The molecule has 3 heterocycles. The first kappa shape index (κ1) is 28.1. The molecule has 212 valence electrons. The lowest BCUT2D eigenvalue weighted by Gasteiger charge is -2.26. The zero-order valence-electron chi connectivity index (χ0n) is 23.0. The number of hydrogen-bond donors (Lipinski definition) is 0. The molecule has 0 saturated carbocycles. The summed E-state index contributed by atoms with van der Waals surface area (Å²) in [5.41, 5.74) is 1.28. The molecule has 0 amide bonds. The van der Waals surface area contributed by atoms with Gasteiger partial charge in [-0.25, -0.2) is 19.2 Å². The predicted octanol–water partition coefficient (Wildman–Crippen LogP) is 5.94. The van der Waals surface area contributed by atoms with Gasteiger partial charge < -0.3 is 18.9 Å². The van der Waals surface area contributed by atoms with Crippen LogP contribution in [0, 0.1) is 5.82 Å². The lowest BCUT2D eigenvalue weighted by molar-refractivity contribution is 0.0357. The van der Waals surface area contributed by atoms with E-state index < -0.39 is 17.5 Å². The largest absolute Gasteiger partial charge is 0.493 e. The average Bonchev–Trinajstić information content (AvgIpc) is 3.28. The van der Waals surface area contributed by atoms with E-state index in [0.29, 0.717) is 51.2 Å². The third kappa shape index (κ3) is 5.99. The molecule has 2 aromatic carbocycles. The molecule has 0 N–H and O–H groups in total. The van der Waals surface area contributed by atoms with Gasteiger partial charge in [0, 0.05) is 54.3 Å². The summed E-state index contributed by atoms with van der Waals surface area (Å²) in [5.74, 6) is 0.450. The molecule has 1 saturated heterocycles. The van der Waals surface area contributed by atoms with Crippen molar-refractivity contribution >= 4 is 39.5 Å². The van der Waals surface area contributed by atoms with Gasteiger partial charge in [-0.3, -0.25) is 9.47 Å². The number of nitrogens with zero attached hydrogens (tertiary/aromatic N) is 4. The number of benzene rings is 2. The molecule has 1 aliphatic rings. The van der Waals surface area contributed by atoms with E-state index in [1.165, 1.54) is 23.0 Å².